The van der Waals surface area contributed by atoms with E-state index in [4.69, 9.17) is 0 Å². The van der Waals surface area contributed by atoms with Crippen molar-refractivity contribution >= 4 is 33.4 Å². The van der Waals surface area contributed by atoms with E-state index in [0.29, 0.717) is 12.0 Å². The summed E-state index contributed by atoms with van der Waals surface area (Å²) in [5, 5.41) is 5.79. The van der Waals surface area contributed by atoms with E-state index >= 15 is 0 Å². The molecule has 4 nitrogen and oxygen atoms in total. The van der Waals surface area contributed by atoms with Gasteiger partial charge in [0.15, 0.2) is 0 Å². The lowest BCUT2D eigenvalue weighted by Gasteiger charge is -2.57. The fourth-order valence-corrected chi connectivity index (χ4v) is 7.01. The number of nitrogens with one attached hydrogen (secondary N) is 2. The Labute approximate surface area is 182 Å². The fourth-order valence-electron chi connectivity index (χ4n) is 6.39. The number of carbonyl (C=O) groups excluding carboxylic acids is 2. The molecule has 0 saturated heterocycles. The number of carbonyl (C=O) groups is 2. The van der Waals surface area contributed by atoms with Crippen LogP contribution in [-0.4, -0.2) is 23.2 Å². The van der Waals surface area contributed by atoms with Gasteiger partial charge in [-0.15, -0.1) is 0 Å². The number of rotatable bonds is 8. The Morgan fingerprint density at radius 3 is 2.21 bits per heavy atom. The molecular weight excluding hydrogens is 428 g/mol. The second-order valence-electron chi connectivity index (χ2n) is 9.62. The zero-order chi connectivity index (χ0) is 20.4. The summed E-state index contributed by atoms with van der Waals surface area (Å²) in [4.78, 5) is 23.9. The quantitative estimate of drug-likeness (QED) is 0.526. The molecule has 2 N–H and O–H groups in total. The molecule has 0 aliphatic heterocycles. The molecule has 5 heteroatoms. The average molecular weight is 461 g/mol. The predicted octanol–water partition coefficient (Wildman–Crippen LogP) is 5.16. The van der Waals surface area contributed by atoms with Crippen molar-refractivity contribution in [1.29, 1.82) is 0 Å². The fraction of sp³-hybridized carbons (Fsp3) is 0.667. The van der Waals surface area contributed by atoms with E-state index in [1.54, 1.807) is 0 Å². The van der Waals surface area contributed by atoms with Gasteiger partial charge in [-0.2, -0.15) is 0 Å². The number of hydrogen-bond donors (Lipinski definition) is 2. The van der Waals surface area contributed by atoms with Gasteiger partial charge < -0.3 is 10.6 Å². The van der Waals surface area contributed by atoms with Crippen LogP contribution in [-0.2, 0) is 15.0 Å². The summed E-state index contributed by atoms with van der Waals surface area (Å²) >= 11 is 3.38. The summed E-state index contributed by atoms with van der Waals surface area (Å²) in [5.74, 6) is 2.71. The van der Waals surface area contributed by atoms with Crippen LogP contribution in [0.4, 0.5) is 5.69 Å². The maximum absolute atomic E-state index is 12.2. The molecule has 1 aromatic carbocycles. The van der Waals surface area contributed by atoms with Crippen LogP contribution in [0.15, 0.2) is 24.3 Å². The van der Waals surface area contributed by atoms with Crippen molar-refractivity contribution in [1.82, 2.24) is 5.32 Å². The van der Waals surface area contributed by atoms with Gasteiger partial charge in [-0.1, -0.05) is 41.4 Å². The Morgan fingerprint density at radius 2 is 1.66 bits per heavy atom. The second kappa shape index (κ2) is 8.79. The molecule has 1 aromatic rings. The van der Waals surface area contributed by atoms with Gasteiger partial charge in [-0.3, -0.25) is 9.59 Å². The number of alkyl halides is 1. The van der Waals surface area contributed by atoms with Crippen molar-refractivity contribution in [2.75, 3.05) is 11.9 Å². The molecule has 0 heterocycles. The first kappa shape index (κ1) is 20.9. The Balaban J connectivity index is 1.28. The smallest absolute Gasteiger partial charge is 0.233 e. The van der Waals surface area contributed by atoms with Gasteiger partial charge >= 0.3 is 0 Å². The molecule has 4 saturated carbocycles. The van der Waals surface area contributed by atoms with Crippen LogP contribution in [0.5, 0.6) is 0 Å². The van der Waals surface area contributed by atoms with Crippen molar-refractivity contribution in [3.8, 4) is 0 Å². The molecular formula is C24H33BrN2O2. The van der Waals surface area contributed by atoms with Gasteiger partial charge in [0.05, 0.1) is 4.83 Å². The first-order chi connectivity index (χ1) is 14.0. The van der Waals surface area contributed by atoms with Crippen LogP contribution in [0.25, 0.3) is 0 Å². The minimum atomic E-state index is -0.173. The molecule has 0 unspecified atom stereocenters. The number of benzene rings is 1. The van der Waals surface area contributed by atoms with Gasteiger partial charge in [0.2, 0.25) is 11.8 Å². The SMILES string of the molecule is CCC[C@H](Br)C(=O)NCCC(=O)Nc1ccc(C23CC4CC(CC(C4)C2)C3)cc1. The van der Waals surface area contributed by atoms with Gasteiger partial charge in [0, 0.05) is 18.7 Å². The lowest BCUT2D eigenvalue weighted by molar-refractivity contribution is -0.120. The first-order valence-corrected chi connectivity index (χ1v) is 12.2. The third kappa shape index (κ3) is 4.70. The predicted molar refractivity (Wildman–Crippen MR) is 120 cm³/mol. The number of anilines is 1. The lowest BCUT2D eigenvalue weighted by Crippen LogP contribution is -2.48. The van der Waals surface area contributed by atoms with Crippen molar-refractivity contribution in [2.24, 2.45) is 17.8 Å². The monoisotopic (exact) mass is 460 g/mol. The molecule has 4 aliphatic rings. The zero-order valence-electron chi connectivity index (χ0n) is 17.4. The third-order valence-electron chi connectivity index (χ3n) is 7.30. The van der Waals surface area contributed by atoms with E-state index in [0.717, 1.165) is 36.3 Å². The zero-order valence-corrected chi connectivity index (χ0v) is 19.0. The maximum Gasteiger partial charge on any atom is 0.233 e. The summed E-state index contributed by atoms with van der Waals surface area (Å²) < 4.78 is 0. The Morgan fingerprint density at radius 1 is 1.07 bits per heavy atom. The minimum absolute atomic E-state index is 0.0421. The largest absolute Gasteiger partial charge is 0.355 e. The van der Waals surface area contributed by atoms with Crippen LogP contribution in [0, 0.1) is 17.8 Å². The highest BCUT2D eigenvalue weighted by atomic mass is 79.9. The average Bonchev–Trinajstić information content (AvgIpc) is 2.67. The van der Waals surface area contributed by atoms with Gasteiger partial charge in [-0.05, 0) is 85.8 Å². The molecule has 2 amide bonds. The van der Waals surface area contributed by atoms with Crippen LogP contribution >= 0.6 is 15.9 Å². The number of hydrogen-bond acceptors (Lipinski definition) is 2. The van der Waals surface area contributed by atoms with Crippen molar-refractivity contribution in [2.45, 2.75) is 75.0 Å². The van der Waals surface area contributed by atoms with E-state index in [1.165, 1.54) is 44.1 Å². The van der Waals surface area contributed by atoms with Crippen molar-refractivity contribution < 1.29 is 9.59 Å². The maximum atomic E-state index is 12.2. The van der Waals surface area contributed by atoms with Crippen molar-refractivity contribution in [3.63, 3.8) is 0 Å². The lowest BCUT2D eigenvalue weighted by atomic mass is 9.48. The van der Waals surface area contributed by atoms with Crippen molar-refractivity contribution in [3.05, 3.63) is 29.8 Å². The molecule has 0 spiro atoms. The Bertz CT molecular complexity index is 710. The standard InChI is InChI=1S/C24H33BrN2O2/c1-2-3-21(25)23(29)26-9-8-22(28)27-20-6-4-19(5-7-20)24-13-16-10-17(14-24)12-18(11-16)15-24/h4-7,16-18,21H,2-3,8-15H2,1H3,(H,26,29)(H,27,28)/t16?,17?,18?,21-,24?/m0/s1. The highest BCUT2D eigenvalue weighted by molar-refractivity contribution is 9.10. The van der Waals surface area contributed by atoms with Crippen LogP contribution < -0.4 is 10.6 Å². The molecule has 29 heavy (non-hydrogen) atoms. The highest BCUT2D eigenvalue weighted by Crippen LogP contribution is 2.60. The second-order valence-corrected chi connectivity index (χ2v) is 10.7. The van der Waals surface area contributed by atoms with Gasteiger partial charge in [0.25, 0.3) is 0 Å². The molecule has 0 radical (unpaired) electrons. The van der Waals surface area contributed by atoms with Gasteiger partial charge in [-0.25, -0.2) is 0 Å². The normalized spacial score (nSPS) is 30.8. The van der Waals surface area contributed by atoms with E-state index in [2.05, 4.69) is 50.8 Å². The van der Waals surface area contributed by atoms with E-state index in [1.807, 2.05) is 6.92 Å². The summed E-state index contributed by atoms with van der Waals surface area (Å²) in [6.45, 7) is 2.41. The summed E-state index contributed by atoms with van der Waals surface area (Å²) in [5.41, 5.74) is 2.71. The summed E-state index contributed by atoms with van der Waals surface area (Å²) in [6, 6.07) is 8.59. The van der Waals surface area contributed by atoms with Crippen LogP contribution in [0.1, 0.15) is 70.3 Å². The molecule has 4 bridgehead atoms. The molecule has 158 valence electrons. The highest BCUT2D eigenvalue weighted by Gasteiger charge is 2.51. The van der Waals surface area contributed by atoms with E-state index in [9.17, 15) is 9.59 Å². The van der Waals surface area contributed by atoms with E-state index in [-0.39, 0.29) is 23.1 Å². The number of amides is 2. The van der Waals surface area contributed by atoms with E-state index < -0.39 is 0 Å². The van der Waals surface area contributed by atoms with Crippen LogP contribution in [0.2, 0.25) is 0 Å². The molecule has 5 rings (SSSR count). The molecule has 4 fully saturated rings. The molecule has 0 aromatic heterocycles. The van der Waals surface area contributed by atoms with Crippen LogP contribution in [0.3, 0.4) is 0 Å². The Hall–Kier alpha value is -1.36. The topological polar surface area (TPSA) is 58.2 Å². The molecule has 4 aliphatic carbocycles. The summed E-state index contributed by atoms with van der Waals surface area (Å²) in [6.07, 6.45) is 10.5. The third-order valence-corrected chi connectivity index (χ3v) is 8.17. The Kier molecular flexibility index (Phi) is 6.33. The number of halogens is 1. The minimum Gasteiger partial charge on any atom is -0.355 e. The first-order valence-electron chi connectivity index (χ1n) is 11.3. The summed E-state index contributed by atoms with van der Waals surface area (Å²) in [7, 11) is 0. The van der Waals surface area contributed by atoms with Gasteiger partial charge in [0.1, 0.15) is 0 Å². The molecule has 1 atom stereocenters.